The van der Waals surface area contributed by atoms with Crippen LogP contribution in [0, 0.1) is 11.8 Å². The number of rotatable bonds is 7. The topological polar surface area (TPSA) is 88.1 Å². The van der Waals surface area contributed by atoms with Crippen LogP contribution in [0.2, 0.25) is 0 Å². The second kappa shape index (κ2) is 12.1. The van der Waals surface area contributed by atoms with Crippen molar-refractivity contribution in [1.29, 1.82) is 0 Å². The van der Waals surface area contributed by atoms with Crippen molar-refractivity contribution in [2.75, 3.05) is 19.8 Å². The standard InChI is InChI=1S/C26H42N2O5/c1-17(7-9-22-15-21(16-29)11-13-32-22)8-10-25-18(2)14-23(19(3)33-25)27-26(31)24-6-5-12-28(24)20(4)30/h7-9,18-19,21-25,29H,5-6,10-16H2,1-4H3,(H,27,31)/b9-7+,17-8+/t18-,19+,21?,22?,23+,24-,25-/m0/s1. The van der Waals surface area contributed by atoms with E-state index in [2.05, 4.69) is 37.4 Å². The van der Waals surface area contributed by atoms with E-state index >= 15 is 0 Å². The number of carbonyl (C=O) groups is 2. The van der Waals surface area contributed by atoms with Gasteiger partial charge in [0.2, 0.25) is 11.8 Å². The van der Waals surface area contributed by atoms with E-state index in [-0.39, 0.29) is 48.8 Å². The van der Waals surface area contributed by atoms with Crippen molar-refractivity contribution in [3.8, 4) is 0 Å². The Labute approximate surface area is 198 Å². The van der Waals surface area contributed by atoms with Gasteiger partial charge in [-0.2, -0.15) is 0 Å². The first-order chi connectivity index (χ1) is 15.8. The fourth-order valence-corrected chi connectivity index (χ4v) is 5.24. The number of hydrogen-bond donors (Lipinski definition) is 2. The third-order valence-corrected chi connectivity index (χ3v) is 7.43. The molecule has 0 aliphatic carbocycles. The fourth-order valence-electron chi connectivity index (χ4n) is 5.24. The van der Waals surface area contributed by atoms with Crippen LogP contribution in [0.1, 0.15) is 66.2 Å². The Kier molecular flexibility index (Phi) is 9.53. The van der Waals surface area contributed by atoms with Gasteiger partial charge in [0.05, 0.1) is 24.4 Å². The highest BCUT2D eigenvalue weighted by atomic mass is 16.5. The van der Waals surface area contributed by atoms with Crippen LogP contribution in [0.5, 0.6) is 0 Å². The summed E-state index contributed by atoms with van der Waals surface area (Å²) >= 11 is 0. The monoisotopic (exact) mass is 462 g/mol. The van der Waals surface area contributed by atoms with Crippen molar-refractivity contribution in [3.05, 3.63) is 23.8 Å². The van der Waals surface area contributed by atoms with E-state index in [1.807, 2.05) is 6.92 Å². The Morgan fingerprint density at radius 2 is 1.97 bits per heavy atom. The van der Waals surface area contributed by atoms with E-state index in [1.54, 1.807) is 4.90 Å². The van der Waals surface area contributed by atoms with E-state index in [1.165, 1.54) is 12.5 Å². The quantitative estimate of drug-likeness (QED) is 0.568. The maximum atomic E-state index is 12.8. The molecule has 2 amide bonds. The largest absolute Gasteiger partial charge is 0.396 e. The number of nitrogens with zero attached hydrogens (tertiary/aromatic N) is 1. The summed E-state index contributed by atoms with van der Waals surface area (Å²) in [6, 6.07) is -0.382. The molecule has 0 aromatic rings. The molecule has 0 spiro atoms. The summed E-state index contributed by atoms with van der Waals surface area (Å²) in [7, 11) is 0. The lowest BCUT2D eigenvalue weighted by Crippen LogP contribution is -2.55. The number of carbonyl (C=O) groups excluding carboxylic acids is 2. The molecule has 3 rings (SSSR count). The van der Waals surface area contributed by atoms with Gasteiger partial charge in [-0.3, -0.25) is 9.59 Å². The van der Waals surface area contributed by atoms with Crippen LogP contribution in [-0.2, 0) is 19.1 Å². The molecule has 0 aromatic heterocycles. The molecule has 7 heteroatoms. The smallest absolute Gasteiger partial charge is 0.243 e. The number of hydrogen-bond acceptors (Lipinski definition) is 5. The van der Waals surface area contributed by atoms with Gasteiger partial charge in [0.15, 0.2) is 0 Å². The molecule has 3 fully saturated rings. The molecule has 0 saturated carbocycles. The van der Waals surface area contributed by atoms with Crippen LogP contribution in [0.25, 0.3) is 0 Å². The van der Waals surface area contributed by atoms with E-state index in [0.29, 0.717) is 25.0 Å². The molecule has 2 unspecified atom stereocenters. The highest BCUT2D eigenvalue weighted by Gasteiger charge is 2.37. The minimum atomic E-state index is -0.346. The lowest BCUT2D eigenvalue weighted by atomic mass is 9.88. The van der Waals surface area contributed by atoms with Crippen molar-refractivity contribution >= 4 is 11.8 Å². The Bertz CT molecular complexity index is 736. The van der Waals surface area contributed by atoms with E-state index in [4.69, 9.17) is 9.47 Å². The van der Waals surface area contributed by atoms with Crippen LogP contribution in [0.15, 0.2) is 23.8 Å². The summed E-state index contributed by atoms with van der Waals surface area (Å²) in [6.45, 7) is 9.42. The van der Waals surface area contributed by atoms with Crippen LogP contribution < -0.4 is 5.32 Å². The van der Waals surface area contributed by atoms with Crippen LogP contribution in [-0.4, -0.2) is 72.0 Å². The number of ether oxygens (including phenoxy) is 2. The summed E-state index contributed by atoms with van der Waals surface area (Å²) in [6.07, 6.45) is 11.6. The first-order valence-corrected chi connectivity index (χ1v) is 12.6. The Morgan fingerprint density at radius 3 is 2.70 bits per heavy atom. The second-order valence-electron chi connectivity index (χ2n) is 10.1. The Hall–Kier alpha value is -1.70. The summed E-state index contributed by atoms with van der Waals surface area (Å²) in [5.41, 5.74) is 1.18. The third kappa shape index (κ3) is 7.14. The molecule has 0 bridgehead atoms. The van der Waals surface area contributed by atoms with Gasteiger partial charge in [-0.1, -0.05) is 30.7 Å². The highest BCUT2D eigenvalue weighted by molar-refractivity contribution is 5.87. The van der Waals surface area contributed by atoms with Gasteiger partial charge in [-0.25, -0.2) is 0 Å². The van der Waals surface area contributed by atoms with Crippen LogP contribution in [0.4, 0.5) is 0 Å². The maximum absolute atomic E-state index is 12.8. The van der Waals surface area contributed by atoms with Gasteiger partial charge >= 0.3 is 0 Å². The Balaban J connectivity index is 1.47. The minimum absolute atomic E-state index is 0.0338. The predicted molar refractivity (Wildman–Crippen MR) is 128 cm³/mol. The van der Waals surface area contributed by atoms with Crippen molar-refractivity contribution < 1.29 is 24.2 Å². The Morgan fingerprint density at radius 1 is 1.18 bits per heavy atom. The van der Waals surface area contributed by atoms with Crippen molar-refractivity contribution in [3.63, 3.8) is 0 Å². The molecule has 3 heterocycles. The molecular weight excluding hydrogens is 420 g/mol. The molecule has 0 aromatic carbocycles. The number of likely N-dealkylation sites (tertiary alicyclic amines) is 1. The zero-order chi connectivity index (χ0) is 24.0. The molecule has 186 valence electrons. The molecule has 3 saturated heterocycles. The van der Waals surface area contributed by atoms with E-state index < -0.39 is 0 Å². The lowest BCUT2D eigenvalue weighted by molar-refractivity contribution is -0.139. The number of aliphatic hydroxyl groups excluding tert-OH is 1. The maximum Gasteiger partial charge on any atom is 0.243 e. The zero-order valence-electron chi connectivity index (χ0n) is 20.7. The molecule has 0 radical (unpaired) electrons. The molecule has 33 heavy (non-hydrogen) atoms. The fraction of sp³-hybridized carbons (Fsp3) is 0.769. The lowest BCUT2D eigenvalue weighted by Gasteiger charge is -2.40. The highest BCUT2D eigenvalue weighted by Crippen LogP contribution is 2.29. The van der Waals surface area contributed by atoms with Crippen LogP contribution >= 0.6 is 0 Å². The SMILES string of the molecule is CC(=O)N1CCC[C@H]1C(=O)N[C@@H]1C[C@H](C)[C@H](C/C=C(C)/C=C/C2CC(CO)CCO2)O[C@@H]1C. The van der Waals surface area contributed by atoms with Gasteiger partial charge in [0.1, 0.15) is 6.04 Å². The average molecular weight is 463 g/mol. The van der Waals surface area contributed by atoms with Gasteiger partial charge in [0, 0.05) is 26.7 Å². The molecule has 2 N–H and O–H groups in total. The van der Waals surface area contributed by atoms with Gasteiger partial charge in [-0.05, 0) is 64.2 Å². The average Bonchev–Trinajstić information content (AvgIpc) is 3.29. The number of nitrogens with one attached hydrogen (secondary N) is 1. The summed E-state index contributed by atoms with van der Waals surface area (Å²) in [5.74, 6) is 0.568. The molecule has 7 nitrogen and oxygen atoms in total. The first kappa shape index (κ1) is 25.9. The zero-order valence-corrected chi connectivity index (χ0v) is 20.7. The van der Waals surface area contributed by atoms with Gasteiger partial charge in [-0.15, -0.1) is 0 Å². The number of aliphatic hydroxyl groups is 1. The summed E-state index contributed by atoms with van der Waals surface area (Å²) < 4.78 is 12.1. The third-order valence-electron chi connectivity index (χ3n) is 7.43. The molecule has 3 aliphatic rings. The van der Waals surface area contributed by atoms with Gasteiger partial charge < -0.3 is 24.8 Å². The summed E-state index contributed by atoms with van der Waals surface area (Å²) in [5, 5.41) is 12.5. The molecular formula is C26H42N2O5. The number of allylic oxidation sites excluding steroid dienone is 2. The predicted octanol–water partition coefficient (Wildman–Crippen LogP) is 2.98. The van der Waals surface area contributed by atoms with Crippen molar-refractivity contribution in [2.45, 2.75) is 96.6 Å². The van der Waals surface area contributed by atoms with Crippen molar-refractivity contribution in [2.24, 2.45) is 11.8 Å². The molecule has 3 aliphatic heterocycles. The van der Waals surface area contributed by atoms with E-state index in [9.17, 15) is 14.7 Å². The van der Waals surface area contributed by atoms with E-state index in [0.717, 1.165) is 38.5 Å². The normalized spacial score (nSPS) is 35.7. The van der Waals surface area contributed by atoms with Gasteiger partial charge in [0.25, 0.3) is 0 Å². The summed E-state index contributed by atoms with van der Waals surface area (Å²) in [4.78, 5) is 26.3. The van der Waals surface area contributed by atoms with Crippen molar-refractivity contribution in [1.82, 2.24) is 10.2 Å². The number of amides is 2. The minimum Gasteiger partial charge on any atom is -0.396 e. The first-order valence-electron chi connectivity index (χ1n) is 12.6. The second-order valence-corrected chi connectivity index (χ2v) is 10.1. The molecule has 7 atom stereocenters. The van der Waals surface area contributed by atoms with Crippen LogP contribution in [0.3, 0.4) is 0 Å².